The van der Waals surface area contributed by atoms with E-state index in [9.17, 15) is 8.42 Å². The largest absolute Gasteiger partial charge is 0.317 e. The van der Waals surface area contributed by atoms with Crippen LogP contribution < -0.4 is 5.32 Å². The van der Waals surface area contributed by atoms with Crippen molar-refractivity contribution < 1.29 is 8.42 Å². The first-order valence-corrected chi connectivity index (χ1v) is 8.80. The second-order valence-corrected chi connectivity index (χ2v) is 7.55. The Morgan fingerprint density at radius 2 is 1.89 bits per heavy atom. The Labute approximate surface area is 118 Å². The van der Waals surface area contributed by atoms with Crippen molar-refractivity contribution >= 4 is 10.2 Å². The highest BCUT2D eigenvalue weighted by Gasteiger charge is 2.29. The minimum absolute atomic E-state index is 0.588. The molecule has 1 rings (SSSR count). The van der Waals surface area contributed by atoms with E-state index in [4.69, 9.17) is 0 Å². The molecule has 0 unspecified atom stereocenters. The molecule has 0 atom stereocenters. The number of hydrogen-bond donors (Lipinski definition) is 1. The van der Waals surface area contributed by atoms with Crippen molar-refractivity contribution in [1.29, 1.82) is 0 Å². The number of nitrogens with one attached hydrogen (secondary N) is 1. The second kappa shape index (κ2) is 8.19. The number of rotatable bonds is 8. The van der Waals surface area contributed by atoms with Gasteiger partial charge in [-0.05, 0) is 44.7 Å². The SMILES string of the molecule is CCCNCCCN(C)S(=O)(=O)N1CCC(C)CC1. The summed E-state index contributed by atoms with van der Waals surface area (Å²) in [6.07, 6.45) is 3.93. The predicted octanol–water partition coefficient (Wildman–Crippen LogP) is 1.28. The van der Waals surface area contributed by atoms with Gasteiger partial charge in [-0.25, -0.2) is 0 Å². The van der Waals surface area contributed by atoms with Crippen LogP contribution in [-0.2, 0) is 10.2 Å². The summed E-state index contributed by atoms with van der Waals surface area (Å²) < 4.78 is 27.8. The molecule has 1 aliphatic heterocycles. The van der Waals surface area contributed by atoms with Crippen LogP contribution in [0.4, 0.5) is 0 Å². The van der Waals surface area contributed by atoms with Gasteiger partial charge in [0, 0.05) is 26.7 Å². The van der Waals surface area contributed by atoms with E-state index in [0.717, 1.165) is 38.8 Å². The van der Waals surface area contributed by atoms with Gasteiger partial charge in [-0.2, -0.15) is 17.0 Å². The topological polar surface area (TPSA) is 52.7 Å². The van der Waals surface area contributed by atoms with E-state index in [0.29, 0.717) is 25.6 Å². The van der Waals surface area contributed by atoms with Crippen LogP contribution >= 0.6 is 0 Å². The van der Waals surface area contributed by atoms with E-state index < -0.39 is 10.2 Å². The zero-order chi connectivity index (χ0) is 14.3. The second-order valence-electron chi connectivity index (χ2n) is 5.51. The van der Waals surface area contributed by atoms with Crippen LogP contribution in [-0.4, -0.2) is 56.8 Å². The first-order chi connectivity index (χ1) is 8.98. The molecule has 114 valence electrons. The molecule has 1 N–H and O–H groups in total. The van der Waals surface area contributed by atoms with Crippen LogP contribution in [0.3, 0.4) is 0 Å². The molecule has 5 nitrogen and oxygen atoms in total. The monoisotopic (exact) mass is 291 g/mol. The molecule has 0 aromatic heterocycles. The summed E-state index contributed by atoms with van der Waals surface area (Å²) in [4.78, 5) is 0. The fourth-order valence-electron chi connectivity index (χ4n) is 2.26. The lowest BCUT2D eigenvalue weighted by Gasteiger charge is -2.32. The van der Waals surface area contributed by atoms with E-state index in [-0.39, 0.29) is 0 Å². The van der Waals surface area contributed by atoms with Gasteiger partial charge < -0.3 is 5.32 Å². The van der Waals surface area contributed by atoms with Crippen LogP contribution in [0, 0.1) is 5.92 Å². The van der Waals surface area contributed by atoms with Crippen molar-refractivity contribution in [2.45, 2.75) is 39.5 Å². The third-order valence-corrected chi connectivity index (χ3v) is 5.70. The Kier molecular flexibility index (Phi) is 7.28. The summed E-state index contributed by atoms with van der Waals surface area (Å²) in [5.74, 6) is 0.648. The number of piperidine rings is 1. The summed E-state index contributed by atoms with van der Waals surface area (Å²) in [6, 6.07) is 0. The van der Waals surface area contributed by atoms with E-state index in [1.54, 1.807) is 11.4 Å². The molecule has 0 aliphatic carbocycles. The van der Waals surface area contributed by atoms with Gasteiger partial charge in [0.15, 0.2) is 0 Å². The zero-order valence-corrected chi connectivity index (χ0v) is 13.4. The first kappa shape index (κ1) is 16.9. The lowest BCUT2D eigenvalue weighted by Crippen LogP contribution is -2.46. The molecule has 1 saturated heterocycles. The fourth-order valence-corrected chi connectivity index (χ4v) is 3.68. The van der Waals surface area contributed by atoms with E-state index >= 15 is 0 Å². The predicted molar refractivity (Wildman–Crippen MR) is 79.3 cm³/mol. The molecule has 0 amide bonds. The highest BCUT2D eigenvalue weighted by Crippen LogP contribution is 2.20. The smallest absolute Gasteiger partial charge is 0.281 e. The molecule has 6 heteroatoms. The normalized spacial score (nSPS) is 19.2. The van der Waals surface area contributed by atoms with Gasteiger partial charge in [0.2, 0.25) is 0 Å². The van der Waals surface area contributed by atoms with Crippen molar-refractivity contribution in [2.24, 2.45) is 5.92 Å². The molecule has 1 heterocycles. The molecule has 1 aliphatic rings. The van der Waals surface area contributed by atoms with Crippen molar-refractivity contribution in [2.75, 3.05) is 39.8 Å². The first-order valence-electron chi connectivity index (χ1n) is 7.40. The van der Waals surface area contributed by atoms with Crippen molar-refractivity contribution in [1.82, 2.24) is 13.9 Å². The summed E-state index contributed by atoms with van der Waals surface area (Å²) in [5, 5.41) is 3.29. The standard InChI is InChI=1S/C13H29N3O2S/c1-4-8-14-9-5-10-15(3)19(17,18)16-11-6-13(2)7-12-16/h13-14H,4-12H2,1-3H3. The van der Waals surface area contributed by atoms with Gasteiger partial charge >= 0.3 is 0 Å². The molecule has 0 spiro atoms. The Bertz CT molecular complexity index is 338. The van der Waals surface area contributed by atoms with Crippen molar-refractivity contribution in [3.63, 3.8) is 0 Å². The Hall–Kier alpha value is -0.170. The molecule has 0 aromatic carbocycles. The van der Waals surface area contributed by atoms with Crippen LogP contribution in [0.25, 0.3) is 0 Å². The fraction of sp³-hybridized carbons (Fsp3) is 1.00. The summed E-state index contributed by atoms with van der Waals surface area (Å²) in [7, 11) is -1.55. The lowest BCUT2D eigenvalue weighted by molar-refractivity contribution is 0.270. The lowest BCUT2D eigenvalue weighted by atomic mass is 10.0. The minimum atomic E-state index is -3.24. The molecule has 19 heavy (non-hydrogen) atoms. The summed E-state index contributed by atoms with van der Waals surface area (Å²) in [6.45, 7) is 8.12. The Morgan fingerprint density at radius 1 is 1.26 bits per heavy atom. The molecule has 0 saturated carbocycles. The van der Waals surface area contributed by atoms with E-state index in [1.807, 2.05) is 0 Å². The third-order valence-electron chi connectivity index (χ3n) is 3.72. The Morgan fingerprint density at radius 3 is 2.47 bits per heavy atom. The van der Waals surface area contributed by atoms with Gasteiger partial charge in [0.1, 0.15) is 0 Å². The number of hydrogen-bond acceptors (Lipinski definition) is 3. The summed E-state index contributed by atoms with van der Waals surface area (Å²) in [5.41, 5.74) is 0. The molecule has 0 radical (unpaired) electrons. The quantitative estimate of drug-likeness (QED) is 0.686. The average molecular weight is 291 g/mol. The van der Waals surface area contributed by atoms with Crippen molar-refractivity contribution in [3.05, 3.63) is 0 Å². The minimum Gasteiger partial charge on any atom is -0.317 e. The maximum Gasteiger partial charge on any atom is 0.281 e. The van der Waals surface area contributed by atoms with Gasteiger partial charge in [0.05, 0.1) is 0 Å². The average Bonchev–Trinajstić information content (AvgIpc) is 2.38. The highest BCUT2D eigenvalue weighted by molar-refractivity contribution is 7.86. The van der Waals surface area contributed by atoms with Crippen LogP contribution in [0.2, 0.25) is 0 Å². The van der Waals surface area contributed by atoms with Crippen LogP contribution in [0.1, 0.15) is 39.5 Å². The number of nitrogens with zero attached hydrogens (tertiary/aromatic N) is 2. The van der Waals surface area contributed by atoms with Gasteiger partial charge in [-0.3, -0.25) is 0 Å². The zero-order valence-electron chi connectivity index (χ0n) is 12.6. The van der Waals surface area contributed by atoms with E-state index in [1.165, 1.54) is 4.31 Å². The van der Waals surface area contributed by atoms with Crippen LogP contribution in [0.15, 0.2) is 0 Å². The molecule has 1 fully saturated rings. The van der Waals surface area contributed by atoms with E-state index in [2.05, 4.69) is 19.2 Å². The summed E-state index contributed by atoms with van der Waals surface area (Å²) >= 11 is 0. The maximum atomic E-state index is 12.3. The van der Waals surface area contributed by atoms with Gasteiger partial charge in [0.25, 0.3) is 10.2 Å². The Balaban J connectivity index is 2.35. The molecule has 0 bridgehead atoms. The maximum absolute atomic E-state index is 12.3. The molecular weight excluding hydrogens is 262 g/mol. The third kappa shape index (κ3) is 5.38. The molecule has 0 aromatic rings. The van der Waals surface area contributed by atoms with Crippen LogP contribution in [0.5, 0.6) is 0 Å². The van der Waals surface area contributed by atoms with Gasteiger partial charge in [-0.15, -0.1) is 0 Å². The molecular formula is C13H29N3O2S. The van der Waals surface area contributed by atoms with Crippen molar-refractivity contribution in [3.8, 4) is 0 Å². The van der Waals surface area contributed by atoms with Gasteiger partial charge in [-0.1, -0.05) is 13.8 Å². The highest BCUT2D eigenvalue weighted by atomic mass is 32.2.